The van der Waals surface area contributed by atoms with E-state index >= 15 is 0 Å². The molecule has 2 rings (SSSR count). The van der Waals surface area contributed by atoms with Gasteiger partial charge in [-0.25, -0.2) is 10.4 Å². The Balaban J connectivity index is 1.77. The van der Waals surface area contributed by atoms with Crippen molar-refractivity contribution in [3.63, 3.8) is 0 Å². The van der Waals surface area contributed by atoms with E-state index in [1.165, 1.54) is 6.42 Å². The minimum atomic E-state index is 0.283. The average Bonchev–Trinajstić information content (AvgIpc) is 2.82. The molecule has 2 saturated heterocycles. The highest BCUT2D eigenvalue weighted by molar-refractivity contribution is 4.81. The van der Waals surface area contributed by atoms with Crippen LogP contribution >= 0.6 is 0 Å². The molecule has 2 unspecified atom stereocenters. The number of likely N-dealkylation sites (N-methyl/N-ethyl adjacent to an activating group) is 1. The van der Waals surface area contributed by atoms with Crippen LogP contribution in [0, 0.1) is 0 Å². The molecule has 0 bridgehead atoms. The van der Waals surface area contributed by atoms with Gasteiger partial charge in [0.15, 0.2) is 0 Å². The van der Waals surface area contributed by atoms with Gasteiger partial charge < -0.3 is 15.4 Å². The van der Waals surface area contributed by atoms with E-state index in [2.05, 4.69) is 22.4 Å². The zero-order valence-corrected chi connectivity index (χ0v) is 10.2. The molecular formula is C11H24N4O. The highest BCUT2D eigenvalue weighted by Crippen LogP contribution is 2.15. The number of rotatable bonds is 4. The lowest BCUT2D eigenvalue weighted by Crippen LogP contribution is -2.58. The lowest BCUT2D eigenvalue weighted by atomic mass is 10.1. The van der Waals surface area contributed by atoms with Crippen LogP contribution in [0.3, 0.4) is 0 Å². The third-order valence-electron chi connectivity index (χ3n) is 3.52. The summed E-state index contributed by atoms with van der Waals surface area (Å²) < 4.78 is 5.69. The van der Waals surface area contributed by atoms with Crippen molar-refractivity contribution < 1.29 is 4.74 Å². The van der Waals surface area contributed by atoms with E-state index in [-0.39, 0.29) is 6.04 Å². The highest BCUT2D eigenvalue weighted by Gasteiger charge is 2.27. The van der Waals surface area contributed by atoms with Gasteiger partial charge in [0.1, 0.15) is 0 Å². The Morgan fingerprint density at radius 2 is 2.12 bits per heavy atom. The number of nitrogens with zero attached hydrogens (tertiary/aromatic N) is 2. The Labute approximate surface area is 97.9 Å². The molecule has 2 heterocycles. The molecule has 0 aromatic rings. The van der Waals surface area contributed by atoms with Gasteiger partial charge in [0.25, 0.3) is 0 Å². The molecule has 0 aromatic carbocycles. The fourth-order valence-electron chi connectivity index (χ4n) is 2.38. The van der Waals surface area contributed by atoms with Crippen molar-refractivity contribution in [1.82, 2.24) is 15.3 Å². The monoisotopic (exact) mass is 228 g/mol. The van der Waals surface area contributed by atoms with Crippen LogP contribution in [0.4, 0.5) is 0 Å². The molecule has 2 aliphatic rings. The van der Waals surface area contributed by atoms with Crippen LogP contribution in [0.2, 0.25) is 0 Å². The van der Waals surface area contributed by atoms with Crippen LogP contribution in [-0.2, 0) is 4.74 Å². The Morgan fingerprint density at radius 3 is 2.69 bits per heavy atom. The molecule has 2 atom stereocenters. The Bertz CT molecular complexity index is 200. The summed E-state index contributed by atoms with van der Waals surface area (Å²) in [5, 5.41) is 2.29. The summed E-state index contributed by atoms with van der Waals surface area (Å²) >= 11 is 0. The molecule has 0 saturated carbocycles. The molecule has 0 spiro atoms. The van der Waals surface area contributed by atoms with Crippen molar-refractivity contribution in [3.8, 4) is 0 Å². The summed E-state index contributed by atoms with van der Waals surface area (Å²) in [4.78, 5) is 2.35. The van der Waals surface area contributed by atoms with Crippen molar-refractivity contribution in [2.75, 3.05) is 46.4 Å². The topological polar surface area (TPSA) is 53.8 Å². The lowest BCUT2D eigenvalue weighted by Gasteiger charge is -2.36. The third-order valence-corrected chi connectivity index (χ3v) is 3.52. The number of hydrogen-bond donors (Lipinski definition) is 2. The van der Waals surface area contributed by atoms with Crippen molar-refractivity contribution >= 4 is 0 Å². The first-order chi connectivity index (χ1) is 7.79. The van der Waals surface area contributed by atoms with Crippen LogP contribution < -0.4 is 11.2 Å². The summed E-state index contributed by atoms with van der Waals surface area (Å²) in [5.74, 6) is 0. The standard InChI is InChI=1S/C11H24N4O/c1-14-4-6-15(7-5-14)13-10(9-12)11-3-2-8-16-11/h10-11,13H,2-9,12H2,1H3. The molecule has 3 N–H and O–H groups in total. The minimum absolute atomic E-state index is 0.283. The van der Waals surface area contributed by atoms with Crippen LogP contribution in [-0.4, -0.2) is 68.4 Å². The largest absolute Gasteiger partial charge is 0.376 e. The van der Waals surface area contributed by atoms with Crippen molar-refractivity contribution in [1.29, 1.82) is 0 Å². The number of piperazine rings is 1. The van der Waals surface area contributed by atoms with Gasteiger partial charge in [0, 0.05) is 39.3 Å². The Hall–Kier alpha value is -0.200. The zero-order chi connectivity index (χ0) is 11.4. The maximum atomic E-state index is 5.82. The fraction of sp³-hybridized carbons (Fsp3) is 1.00. The predicted molar refractivity (Wildman–Crippen MR) is 64.0 cm³/mol. The van der Waals surface area contributed by atoms with Gasteiger partial charge >= 0.3 is 0 Å². The zero-order valence-electron chi connectivity index (χ0n) is 10.2. The molecule has 0 aliphatic carbocycles. The summed E-state index contributed by atoms with van der Waals surface area (Å²) in [7, 11) is 2.16. The predicted octanol–water partition coefficient (Wildman–Crippen LogP) is -0.755. The van der Waals surface area contributed by atoms with E-state index in [0.717, 1.165) is 39.2 Å². The molecule has 5 heteroatoms. The van der Waals surface area contributed by atoms with E-state index in [0.29, 0.717) is 12.6 Å². The van der Waals surface area contributed by atoms with E-state index in [9.17, 15) is 0 Å². The average molecular weight is 228 g/mol. The summed E-state index contributed by atoms with van der Waals surface area (Å²) in [6, 6.07) is 0.283. The van der Waals surface area contributed by atoms with E-state index < -0.39 is 0 Å². The maximum absolute atomic E-state index is 5.82. The van der Waals surface area contributed by atoms with Gasteiger partial charge in [-0.2, -0.15) is 0 Å². The first-order valence-corrected chi connectivity index (χ1v) is 6.31. The van der Waals surface area contributed by atoms with Gasteiger partial charge in [-0.3, -0.25) is 0 Å². The highest BCUT2D eigenvalue weighted by atomic mass is 16.5. The number of hydrogen-bond acceptors (Lipinski definition) is 5. The van der Waals surface area contributed by atoms with Gasteiger partial charge in [0.2, 0.25) is 0 Å². The fourth-order valence-corrected chi connectivity index (χ4v) is 2.38. The molecule has 16 heavy (non-hydrogen) atoms. The summed E-state index contributed by atoms with van der Waals surface area (Å²) in [6.07, 6.45) is 2.62. The molecule has 2 aliphatic heterocycles. The summed E-state index contributed by atoms with van der Waals surface area (Å²) in [6.45, 7) is 5.92. The molecular weight excluding hydrogens is 204 g/mol. The first kappa shape index (κ1) is 12.3. The van der Waals surface area contributed by atoms with Gasteiger partial charge in [-0.05, 0) is 19.9 Å². The number of nitrogens with one attached hydrogen (secondary N) is 1. The number of nitrogens with two attached hydrogens (primary N) is 1. The van der Waals surface area contributed by atoms with Gasteiger partial charge in [0.05, 0.1) is 12.1 Å². The molecule has 0 radical (unpaired) electrons. The second-order valence-electron chi connectivity index (χ2n) is 4.81. The van der Waals surface area contributed by atoms with Gasteiger partial charge in [-0.1, -0.05) is 0 Å². The van der Waals surface area contributed by atoms with Crippen LogP contribution in [0.1, 0.15) is 12.8 Å². The van der Waals surface area contributed by atoms with Crippen LogP contribution in [0.15, 0.2) is 0 Å². The molecule has 5 nitrogen and oxygen atoms in total. The van der Waals surface area contributed by atoms with Crippen molar-refractivity contribution in [3.05, 3.63) is 0 Å². The normalized spacial score (nSPS) is 30.8. The van der Waals surface area contributed by atoms with Crippen molar-refractivity contribution in [2.45, 2.75) is 25.0 Å². The quantitative estimate of drug-likeness (QED) is 0.663. The van der Waals surface area contributed by atoms with Crippen LogP contribution in [0.5, 0.6) is 0 Å². The molecule has 0 aromatic heterocycles. The Morgan fingerprint density at radius 1 is 1.38 bits per heavy atom. The molecule has 0 amide bonds. The second-order valence-corrected chi connectivity index (χ2v) is 4.81. The first-order valence-electron chi connectivity index (χ1n) is 6.31. The second kappa shape index (κ2) is 5.93. The third kappa shape index (κ3) is 3.15. The Kier molecular flexibility index (Phi) is 4.55. The smallest absolute Gasteiger partial charge is 0.0754 e. The number of ether oxygens (including phenoxy) is 1. The van der Waals surface area contributed by atoms with Crippen LogP contribution in [0.25, 0.3) is 0 Å². The SMILES string of the molecule is CN1CCN(NC(CN)C2CCCO2)CC1. The van der Waals surface area contributed by atoms with Gasteiger partial charge in [-0.15, -0.1) is 0 Å². The van der Waals surface area contributed by atoms with E-state index in [4.69, 9.17) is 10.5 Å². The van der Waals surface area contributed by atoms with E-state index in [1.807, 2.05) is 0 Å². The minimum Gasteiger partial charge on any atom is -0.376 e. The maximum Gasteiger partial charge on any atom is 0.0754 e. The van der Waals surface area contributed by atoms with E-state index in [1.54, 1.807) is 0 Å². The lowest BCUT2D eigenvalue weighted by molar-refractivity contribution is 0.0252. The van der Waals surface area contributed by atoms with Crippen molar-refractivity contribution in [2.24, 2.45) is 5.73 Å². The molecule has 2 fully saturated rings. The molecule has 94 valence electrons. The summed E-state index contributed by atoms with van der Waals surface area (Å²) in [5.41, 5.74) is 9.34. The number of hydrazine groups is 1.